The summed E-state index contributed by atoms with van der Waals surface area (Å²) in [6, 6.07) is 21.9. The fraction of sp³-hybridized carbons (Fsp3) is 0.222. The van der Waals surface area contributed by atoms with E-state index in [-0.39, 0.29) is 0 Å². The van der Waals surface area contributed by atoms with Crippen LogP contribution in [0.15, 0.2) is 66.7 Å². The largest absolute Gasteiger partial charge is 0.366 e. The first-order valence-corrected chi connectivity index (χ1v) is 11.1. The summed E-state index contributed by atoms with van der Waals surface area (Å²) in [4.78, 5) is 31.4. The SMILES string of the molecule is CCCCN(C(N)=O)c1cccc(C(=O)ONCc2ccc(-c3ccccc3C#N)cc2)c1C. The third-order valence-corrected chi connectivity index (χ3v) is 5.57. The molecule has 0 spiro atoms. The van der Waals surface area contributed by atoms with E-state index in [2.05, 4.69) is 11.5 Å². The normalized spacial score (nSPS) is 10.4. The number of benzene rings is 3. The molecule has 0 aliphatic carbocycles. The molecule has 0 saturated carbocycles. The van der Waals surface area contributed by atoms with E-state index in [1.807, 2.05) is 49.4 Å². The molecule has 3 aromatic carbocycles. The number of unbranched alkanes of at least 4 members (excludes halogenated alkanes) is 1. The highest BCUT2D eigenvalue weighted by Crippen LogP contribution is 2.25. The summed E-state index contributed by atoms with van der Waals surface area (Å²) in [5.41, 5.74) is 13.2. The van der Waals surface area contributed by atoms with Crippen LogP contribution >= 0.6 is 0 Å². The van der Waals surface area contributed by atoms with Gasteiger partial charge in [0.1, 0.15) is 0 Å². The van der Waals surface area contributed by atoms with Crippen molar-refractivity contribution >= 4 is 17.7 Å². The van der Waals surface area contributed by atoms with Gasteiger partial charge >= 0.3 is 12.0 Å². The van der Waals surface area contributed by atoms with Crippen LogP contribution in [0.5, 0.6) is 0 Å². The number of rotatable bonds is 9. The zero-order valence-electron chi connectivity index (χ0n) is 19.4. The quantitative estimate of drug-likeness (QED) is 0.437. The predicted octanol–water partition coefficient (Wildman–Crippen LogP) is 5.08. The Hall–Kier alpha value is -4.15. The van der Waals surface area contributed by atoms with E-state index in [4.69, 9.17) is 10.6 Å². The highest BCUT2D eigenvalue weighted by molar-refractivity contribution is 5.97. The van der Waals surface area contributed by atoms with Gasteiger partial charge in [-0.1, -0.05) is 61.9 Å². The number of primary amides is 1. The highest BCUT2D eigenvalue weighted by atomic mass is 16.7. The fourth-order valence-corrected chi connectivity index (χ4v) is 3.68. The number of nitrogens with zero attached hydrogens (tertiary/aromatic N) is 2. The van der Waals surface area contributed by atoms with E-state index in [1.54, 1.807) is 31.2 Å². The van der Waals surface area contributed by atoms with Crippen LogP contribution in [0.2, 0.25) is 0 Å². The van der Waals surface area contributed by atoms with Gasteiger partial charge in [-0.2, -0.15) is 5.26 Å². The average Bonchev–Trinajstić information content (AvgIpc) is 2.85. The van der Waals surface area contributed by atoms with E-state index in [0.717, 1.165) is 29.5 Å². The maximum atomic E-state index is 12.7. The molecule has 0 atom stereocenters. The second-order valence-electron chi connectivity index (χ2n) is 7.86. The molecule has 3 rings (SSSR count). The van der Waals surface area contributed by atoms with Crippen molar-refractivity contribution in [2.45, 2.75) is 33.2 Å². The molecule has 0 radical (unpaired) electrons. The number of nitrogens with two attached hydrogens (primary N) is 1. The van der Waals surface area contributed by atoms with Crippen LogP contribution in [-0.4, -0.2) is 18.5 Å². The molecule has 0 unspecified atom stereocenters. The first-order valence-electron chi connectivity index (χ1n) is 11.1. The minimum Gasteiger partial charge on any atom is -0.366 e. The lowest BCUT2D eigenvalue weighted by molar-refractivity contribution is 0.0236. The van der Waals surface area contributed by atoms with E-state index < -0.39 is 12.0 Å². The van der Waals surface area contributed by atoms with E-state index in [0.29, 0.717) is 35.5 Å². The van der Waals surface area contributed by atoms with Gasteiger partial charge in [0.25, 0.3) is 0 Å². The number of nitriles is 1. The Labute approximate surface area is 199 Å². The molecule has 0 heterocycles. The van der Waals surface area contributed by atoms with Gasteiger partial charge in [-0.05, 0) is 53.8 Å². The zero-order chi connectivity index (χ0) is 24.5. The standard InChI is InChI=1S/C27H28N4O3/c1-3-4-16-31(27(29)33)25-11-7-10-23(19(25)2)26(32)34-30-18-20-12-14-21(15-13-20)24-9-6-5-8-22(24)17-28/h5-15,30H,3-4,16,18H2,1-2H3,(H2,29,33). The summed E-state index contributed by atoms with van der Waals surface area (Å²) < 4.78 is 0. The third kappa shape index (κ3) is 5.80. The molecule has 0 bridgehead atoms. The fourth-order valence-electron chi connectivity index (χ4n) is 3.68. The van der Waals surface area contributed by atoms with Crippen LogP contribution in [0, 0.1) is 18.3 Å². The maximum absolute atomic E-state index is 12.7. The molecule has 34 heavy (non-hydrogen) atoms. The Kier molecular flexibility index (Phi) is 8.38. The number of carbonyl (C=O) groups is 2. The van der Waals surface area contributed by atoms with Crippen molar-refractivity contribution < 1.29 is 14.4 Å². The van der Waals surface area contributed by atoms with Gasteiger partial charge in [0.2, 0.25) is 0 Å². The molecule has 7 nitrogen and oxygen atoms in total. The first kappa shape index (κ1) is 24.5. The van der Waals surface area contributed by atoms with Crippen molar-refractivity contribution in [1.82, 2.24) is 5.48 Å². The lowest BCUT2D eigenvalue weighted by atomic mass is 9.99. The Morgan fingerprint density at radius 1 is 1.06 bits per heavy atom. The van der Waals surface area contributed by atoms with Gasteiger partial charge in [0.05, 0.1) is 23.7 Å². The monoisotopic (exact) mass is 456 g/mol. The molecular weight excluding hydrogens is 428 g/mol. The van der Waals surface area contributed by atoms with Gasteiger partial charge in [-0.3, -0.25) is 4.90 Å². The second-order valence-corrected chi connectivity index (χ2v) is 7.86. The number of amides is 2. The summed E-state index contributed by atoms with van der Waals surface area (Å²) in [5, 5.41) is 9.29. The topological polar surface area (TPSA) is 108 Å². The number of nitrogens with one attached hydrogen (secondary N) is 1. The Bertz CT molecular complexity index is 1200. The molecule has 0 saturated heterocycles. The van der Waals surface area contributed by atoms with Gasteiger partial charge < -0.3 is 10.6 Å². The smallest absolute Gasteiger partial charge is 0.357 e. The van der Waals surface area contributed by atoms with E-state index >= 15 is 0 Å². The summed E-state index contributed by atoms with van der Waals surface area (Å²) in [7, 11) is 0. The van der Waals surface area contributed by atoms with Crippen LogP contribution in [0.25, 0.3) is 11.1 Å². The average molecular weight is 457 g/mol. The predicted molar refractivity (Wildman–Crippen MR) is 132 cm³/mol. The molecule has 7 heteroatoms. The maximum Gasteiger partial charge on any atom is 0.357 e. The van der Waals surface area contributed by atoms with Gasteiger partial charge in [-0.15, -0.1) is 5.48 Å². The van der Waals surface area contributed by atoms with Gasteiger partial charge in [0, 0.05) is 12.2 Å². The Balaban J connectivity index is 1.64. The molecule has 3 N–H and O–H groups in total. The molecule has 2 amide bonds. The van der Waals surface area contributed by atoms with Crippen molar-refractivity contribution in [2.75, 3.05) is 11.4 Å². The molecule has 174 valence electrons. The first-order chi connectivity index (χ1) is 16.5. The van der Waals surface area contributed by atoms with Crippen molar-refractivity contribution in [3.8, 4) is 17.2 Å². The summed E-state index contributed by atoms with van der Waals surface area (Å²) >= 11 is 0. The van der Waals surface area contributed by atoms with Crippen molar-refractivity contribution in [2.24, 2.45) is 5.73 Å². The number of hydrogen-bond donors (Lipinski definition) is 2. The Morgan fingerprint density at radius 2 is 1.79 bits per heavy atom. The van der Waals surface area contributed by atoms with E-state index in [1.165, 1.54) is 4.90 Å². The van der Waals surface area contributed by atoms with Crippen molar-refractivity contribution in [3.05, 3.63) is 89.0 Å². The van der Waals surface area contributed by atoms with E-state index in [9.17, 15) is 14.9 Å². The number of hydroxylamine groups is 1. The van der Waals surface area contributed by atoms with Gasteiger partial charge in [-0.25, -0.2) is 9.59 Å². The van der Waals surface area contributed by atoms with Crippen molar-refractivity contribution in [1.29, 1.82) is 5.26 Å². The summed E-state index contributed by atoms with van der Waals surface area (Å²) in [5.74, 6) is -0.543. The molecule has 0 fully saturated rings. The Morgan fingerprint density at radius 3 is 2.47 bits per heavy atom. The number of carbonyl (C=O) groups excluding carboxylic acids is 2. The molecular formula is C27H28N4O3. The second kappa shape index (κ2) is 11.6. The van der Waals surface area contributed by atoms with Crippen LogP contribution in [0.3, 0.4) is 0 Å². The highest BCUT2D eigenvalue weighted by Gasteiger charge is 2.19. The zero-order valence-corrected chi connectivity index (χ0v) is 19.4. The molecule has 3 aromatic rings. The van der Waals surface area contributed by atoms with Gasteiger partial charge in [0.15, 0.2) is 0 Å². The lowest BCUT2D eigenvalue weighted by Gasteiger charge is -2.23. The van der Waals surface area contributed by atoms with Crippen LogP contribution in [0.4, 0.5) is 10.5 Å². The third-order valence-electron chi connectivity index (χ3n) is 5.57. The number of hydrogen-bond acceptors (Lipinski definition) is 5. The molecule has 0 aliphatic rings. The lowest BCUT2D eigenvalue weighted by Crippen LogP contribution is -2.37. The molecule has 0 aliphatic heterocycles. The summed E-state index contributed by atoms with van der Waals surface area (Å²) in [6.45, 7) is 4.60. The molecule has 0 aromatic heterocycles. The van der Waals surface area contributed by atoms with Crippen LogP contribution < -0.4 is 16.1 Å². The van der Waals surface area contributed by atoms with Crippen LogP contribution in [0.1, 0.15) is 46.8 Å². The number of urea groups is 1. The minimum atomic E-state index is -0.555. The number of anilines is 1. The minimum absolute atomic E-state index is 0.314. The summed E-state index contributed by atoms with van der Waals surface area (Å²) in [6.07, 6.45) is 1.72. The van der Waals surface area contributed by atoms with Crippen molar-refractivity contribution in [3.63, 3.8) is 0 Å². The van der Waals surface area contributed by atoms with Crippen LogP contribution in [-0.2, 0) is 11.4 Å².